The molecule has 3 N–H and O–H groups in total. The molecule has 1 atom stereocenters. The molecule has 1 aromatic rings. The number of halogens is 1. The van der Waals surface area contributed by atoms with Gasteiger partial charge in [0, 0.05) is 18.1 Å². The molecule has 1 fully saturated rings. The number of carbonyl (C=O) groups excluding carboxylic acids is 2. The molecule has 0 unspecified atom stereocenters. The second-order valence-electron chi connectivity index (χ2n) is 7.15. The molecule has 2 amide bonds. The van der Waals surface area contributed by atoms with Crippen LogP contribution < -0.4 is 11.1 Å². The Morgan fingerprint density at radius 2 is 1.92 bits per heavy atom. The van der Waals surface area contributed by atoms with E-state index < -0.39 is 6.04 Å². The topological polar surface area (TPSA) is 75.4 Å². The van der Waals surface area contributed by atoms with Crippen LogP contribution in [0.4, 0.5) is 0 Å². The molecule has 0 aliphatic heterocycles. The van der Waals surface area contributed by atoms with Crippen molar-refractivity contribution in [3.8, 4) is 0 Å². The van der Waals surface area contributed by atoms with Crippen LogP contribution in [0.15, 0.2) is 24.3 Å². The predicted octanol–water partition coefficient (Wildman–Crippen LogP) is 2.22. The fourth-order valence-electron chi connectivity index (χ4n) is 2.54. The summed E-state index contributed by atoms with van der Waals surface area (Å²) in [4.78, 5) is 26.3. The van der Waals surface area contributed by atoms with Crippen molar-refractivity contribution in [2.75, 3.05) is 19.6 Å². The summed E-state index contributed by atoms with van der Waals surface area (Å²) in [6.07, 6.45) is 3.12. The van der Waals surface area contributed by atoms with E-state index in [0.29, 0.717) is 17.5 Å². The maximum atomic E-state index is 12.5. The highest BCUT2D eigenvalue weighted by atomic mass is 35.5. The summed E-state index contributed by atoms with van der Waals surface area (Å²) in [5, 5.41) is 3.38. The first-order chi connectivity index (χ1) is 11.9. The quantitative estimate of drug-likeness (QED) is 0.704. The molecule has 6 heteroatoms. The van der Waals surface area contributed by atoms with E-state index in [1.165, 1.54) is 12.8 Å². The minimum Gasteiger partial charge on any atom is -0.346 e. The lowest BCUT2D eigenvalue weighted by Crippen LogP contribution is -2.48. The standard InChI is InChI=1S/C19H28ClN3O2/c1-13(2)18(21)19(25)22-11-17(24)23(12-15-3-4-15)10-9-14-5-7-16(20)8-6-14/h5-8,13,15,18H,3-4,9-12,21H2,1-2H3,(H,22,25)/t18-/m0/s1. The van der Waals surface area contributed by atoms with E-state index in [9.17, 15) is 9.59 Å². The first-order valence-electron chi connectivity index (χ1n) is 8.92. The Bertz CT molecular complexity index is 585. The summed E-state index contributed by atoms with van der Waals surface area (Å²) in [7, 11) is 0. The van der Waals surface area contributed by atoms with Gasteiger partial charge in [0.2, 0.25) is 11.8 Å². The van der Waals surface area contributed by atoms with E-state index in [-0.39, 0.29) is 24.3 Å². The average Bonchev–Trinajstić information content (AvgIpc) is 3.40. The number of nitrogens with two attached hydrogens (primary N) is 1. The molecule has 0 bridgehead atoms. The van der Waals surface area contributed by atoms with Gasteiger partial charge in [-0.25, -0.2) is 0 Å². The normalized spacial score (nSPS) is 15.1. The van der Waals surface area contributed by atoms with E-state index in [1.807, 2.05) is 43.0 Å². The van der Waals surface area contributed by atoms with E-state index in [1.54, 1.807) is 0 Å². The highest BCUT2D eigenvalue weighted by Crippen LogP contribution is 2.29. The van der Waals surface area contributed by atoms with Crippen molar-refractivity contribution in [1.29, 1.82) is 0 Å². The summed E-state index contributed by atoms with van der Waals surface area (Å²) >= 11 is 5.91. The molecule has 25 heavy (non-hydrogen) atoms. The van der Waals surface area contributed by atoms with E-state index in [0.717, 1.165) is 18.5 Å². The molecule has 5 nitrogen and oxygen atoms in total. The Balaban J connectivity index is 1.86. The van der Waals surface area contributed by atoms with Crippen LogP contribution in [0.5, 0.6) is 0 Å². The Hall–Kier alpha value is -1.59. The Labute approximate surface area is 154 Å². The molecule has 138 valence electrons. The molecule has 1 aliphatic rings. The van der Waals surface area contributed by atoms with Crippen LogP contribution in [0.2, 0.25) is 5.02 Å². The third kappa shape index (κ3) is 6.67. The highest BCUT2D eigenvalue weighted by molar-refractivity contribution is 6.30. The molecule has 1 aliphatic carbocycles. The molecular formula is C19H28ClN3O2. The fourth-order valence-corrected chi connectivity index (χ4v) is 2.67. The minimum atomic E-state index is -0.584. The van der Waals surface area contributed by atoms with E-state index >= 15 is 0 Å². The number of amides is 2. The van der Waals surface area contributed by atoms with Crippen LogP contribution >= 0.6 is 11.6 Å². The van der Waals surface area contributed by atoms with Gasteiger partial charge in [-0.05, 0) is 48.8 Å². The largest absolute Gasteiger partial charge is 0.346 e. The average molecular weight is 366 g/mol. The zero-order valence-corrected chi connectivity index (χ0v) is 15.8. The predicted molar refractivity (Wildman–Crippen MR) is 100 cm³/mol. The number of nitrogens with one attached hydrogen (secondary N) is 1. The van der Waals surface area contributed by atoms with Gasteiger partial charge >= 0.3 is 0 Å². The molecule has 0 saturated heterocycles. The van der Waals surface area contributed by atoms with Crippen LogP contribution in [0, 0.1) is 11.8 Å². The van der Waals surface area contributed by atoms with Gasteiger partial charge < -0.3 is 16.0 Å². The highest BCUT2D eigenvalue weighted by Gasteiger charge is 2.27. The van der Waals surface area contributed by atoms with Gasteiger partial charge in [0.25, 0.3) is 0 Å². The van der Waals surface area contributed by atoms with Crippen LogP contribution in [-0.4, -0.2) is 42.4 Å². The summed E-state index contributed by atoms with van der Waals surface area (Å²) < 4.78 is 0. The third-order valence-corrected chi connectivity index (χ3v) is 4.80. The van der Waals surface area contributed by atoms with Crippen LogP contribution in [0.3, 0.4) is 0 Å². The summed E-state index contributed by atoms with van der Waals surface area (Å²) in [6, 6.07) is 7.09. The zero-order valence-electron chi connectivity index (χ0n) is 15.0. The molecule has 0 aromatic heterocycles. The number of benzene rings is 1. The van der Waals surface area contributed by atoms with Gasteiger partial charge in [-0.3, -0.25) is 9.59 Å². The van der Waals surface area contributed by atoms with Gasteiger partial charge in [-0.2, -0.15) is 0 Å². The summed E-state index contributed by atoms with van der Waals surface area (Å²) in [5.41, 5.74) is 6.95. The van der Waals surface area contributed by atoms with Gasteiger partial charge in [-0.1, -0.05) is 37.6 Å². The van der Waals surface area contributed by atoms with Crippen molar-refractivity contribution in [2.45, 2.75) is 39.2 Å². The lowest BCUT2D eigenvalue weighted by molar-refractivity contribution is -0.133. The second-order valence-corrected chi connectivity index (χ2v) is 7.58. The number of hydrogen-bond donors (Lipinski definition) is 2. The van der Waals surface area contributed by atoms with Crippen molar-refractivity contribution in [1.82, 2.24) is 10.2 Å². The monoisotopic (exact) mass is 365 g/mol. The molecule has 1 aromatic carbocycles. The first-order valence-corrected chi connectivity index (χ1v) is 9.30. The lowest BCUT2D eigenvalue weighted by Gasteiger charge is -2.24. The maximum Gasteiger partial charge on any atom is 0.241 e. The maximum absolute atomic E-state index is 12.5. The molecule has 0 radical (unpaired) electrons. The number of carbonyl (C=O) groups is 2. The fraction of sp³-hybridized carbons (Fsp3) is 0.579. The summed E-state index contributed by atoms with van der Waals surface area (Å²) in [5.74, 6) is 0.322. The van der Waals surface area contributed by atoms with E-state index in [4.69, 9.17) is 17.3 Å². The lowest BCUT2D eigenvalue weighted by atomic mass is 10.1. The minimum absolute atomic E-state index is 0.00654. The second kappa shape index (κ2) is 9.20. The van der Waals surface area contributed by atoms with Crippen molar-refractivity contribution in [3.63, 3.8) is 0 Å². The molecule has 1 saturated carbocycles. The van der Waals surface area contributed by atoms with Gasteiger partial charge in [-0.15, -0.1) is 0 Å². The van der Waals surface area contributed by atoms with Gasteiger partial charge in [0.15, 0.2) is 0 Å². The molecule has 2 rings (SSSR count). The van der Waals surface area contributed by atoms with Crippen LogP contribution in [0.25, 0.3) is 0 Å². The van der Waals surface area contributed by atoms with Crippen molar-refractivity contribution in [3.05, 3.63) is 34.9 Å². The number of nitrogens with zero attached hydrogens (tertiary/aromatic N) is 1. The SMILES string of the molecule is CC(C)[C@H](N)C(=O)NCC(=O)N(CCc1ccc(Cl)cc1)CC1CC1. The smallest absolute Gasteiger partial charge is 0.241 e. The molecular weight excluding hydrogens is 338 g/mol. The zero-order chi connectivity index (χ0) is 18.4. The van der Waals surface area contributed by atoms with Crippen molar-refractivity contribution >= 4 is 23.4 Å². The summed E-state index contributed by atoms with van der Waals surface area (Å²) in [6.45, 7) is 5.18. The first kappa shape index (κ1) is 19.7. The van der Waals surface area contributed by atoms with E-state index in [2.05, 4.69) is 5.32 Å². The van der Waals surface area contributed by atoms with Crippen molar-refractivity contribution < 1.29 is 9.59 Å². The number of rotatable bonds is 9. The Morgan fingerprint density at radius 1 is 1.28 bits per heavy atom. The van der Waals surface area contributed by atoms with Crippen LogP contribution in [-0.2, 0) is 16.0 Å². The van der Waals surface area contributed by atoms with Crippen molar-refractivity contribution in [2.24, 2.45) is 17.6 Å². The molecule has 0 heterocycles. The Morgan fingerprint density at radius 3 is 2.48 bits per heavy atom. The van der Waals surface area contributed by atoms with Crippen LogP contribution in [0.1, 0.15) is 32.3 Å². The van der Waals surface area contributed by atoms with Gasteiger partial charge in [0.05, 0.1) is 12.6 Å². The van der Waals surface area contributed by atoms with Gasteiger partial charge in [0.1, 0.15) is 0 Å². The Kier molecular flexibility index (Phi) is 7.26. The molecule has 0 spiro atoms. The third-order valence-electron chi connectivity index (χ3n) is 4.55. The number of hydrogen-bond acceptors (Lipinski definition) is 3.